The summed E-state index contributed by atoms with van der Waals surface area (Å²) in [6.07, 6.45) is 1.74. The first-order valence-corrected chi connectivity index (χ1v) is 5.88. The van der Waals surface area contributed by atoms with Crippen LogP contribution < -0.4 is 4.74 Å². The predicted molar refractivity (Wildman–Crippen MR) is 73.0 cm³/mol. The quantitative estimate of drug-likeness (QED) is 0.688. The second-order valence-electron chi connectivity index (χ2n) is 4.07. The highest BCUT2D eigenvalue weighted by Crippen LogP contribution is 2.28. The molecule has 3 rings (SSSR count). The van der Waals surface area contributed by atoms with E-state index in [1.807, 2.05) is 36.4 Å². The van der Waals surface area contributed by atoms with Crippen LogP contribution in [0.15, 0.2) is 60.8 Å². The highest BCUT2D eigenvalue weighted by molar-refractivity contribution is 5.84. The summed E-state index contributed by atoms with van der Waals surface area (Å²) in [7, 11) is 0. The summed E-state index contributed by atoms with van der Waals surface area (Å²) in [5, 5.41) is 9.91. The molecule has 0 unspecified atom stereocenters. The molecule has 0 saturated carbocycles. The van der Waals surface area contributed by atoms with Gasteiger partial charge in [-0.1, -0.05) is 24.3 Å². The molecule has 3 nitrogen and oxygen atoms in total. The normalized spacial score (nSPS) is 10.1. The number of fused-ring (bicyclic) bond motifs is 1. The van der Waals surface area contributed by atoms with Crippen molar-refractivity contribution in [1.82, 2.24) is 4.98 Å². The monoisotopic (exact) mass is 246 g/mol. The van der Waals surface area contributed by atoms with Crippen LogP contribution in [0, 0.1) is 11.3 Å². The molecule has 0 bridgehead atoms. The van der Waals surface area contributed by atoms with Crippen molar-refractivity contribution in [3.63, 3.8) is 0 Å². The van der Waals surface area contributed by atoms with E-state index in [2.05, 4.69) is 11.1 Å². The Kier molecular flexibility index (Phi) is 2.83. The Morgan fingerprint density at radius 1 is 1.00 bits per heavy atom. The van der Waals surface area contributed by atoms with Gasteiger partial charge in [0.25, 0.3) is 0 Å². The zero-order chi connectivity index (χ0) is 13.1. The average molecular weight is 246 g/mol. The minimum absolute atomic E-state index is 0.575. The van der Waals surface area contributed by atoms with E-state index in [0.29, 0.717) is 17.1 Å². The summed E-state index contributed by atoms with van der Waals surface area (Å²) in [5.41, 5.74) is 1.39. The van der Waals surface area contributed by atoms with Crippen molar-refractivity contribution < 1.29 is 4.74 Å². The lowest BCUT2D eigenvalue weighted by Crippen LogP contribution is -1.88. The van der Waals surface area contributed by atoms with Crippen LogP contribution in [0.2, 0.25) is 0 Å². The molecule has 0 saturated heterocycles. The molecule has 3 aromatic rings. The molecule has 0 aliphatic carbocycles. The summed E-state index contributed by atoms with van der Waals surface area (Å²) < 4.78 is 5.82. The van der Waals surface area contributed by atoms with Crippen molar-refractivity contribution in [3.05, 3.63) is 66.4 Å². The molecule has 90 valence electrons. The summed E-state index contributed by atoms with van der Waals surface area (Å²) in [5.74, 6) is 1.32. The van der Waals surface area contributed by atoms with Crippen molar-refractivity contribution in [3.8, 4) is 17.6 Å². The molecule has 2 aromatic carbocycles. The molecule has 0 amide bonds. The lowest BCUT2D eigenvalue weighted by Gasteiger charge is -2.08. The van der Waals surface area contributed by atoms with Crippen molar-refractivity contribution >= 4 is 10.9 Å². The Labute approximate surface area is 110 Å². The van der Waals surface area contributed by atoms with Crippen molar-refractivity contribution in [2.45, 2.75) is 0 Å². The first kappa shape index (κ1) is 11.2. The standard InChI is InChI=1S/C16H10N2O/c17-11-12-4-1-7-14(10-12)19-15-8-2-5-13-6-3-9-18-16(13)15/h1-10H. The fourth-order valence-electron chi connectivity index (χ4n) is 1.91. The molecule has 0 spiro atoms. The highest BCUT2D eigenvalue weighted by atomic mass is 16.5. The molecule has 1 heterocycles. The summed E-state index contributed by atoms with van der Waals surface area (Å²) in [6.45, 7) is 0. The molecule has 0 atom stereocenters. The first-order valence-electron chi connectivity index (χ1n) is 5.88. The summed E-state index contributed by atoms with van der Waals surface area (Å²) >= 11 is 0. The number of rotatable bonds is 2. The Morgan fingerprint density at radius 2 is 1.84 bits per heavy atom. The van der Waals surface area contributed by atoms with E-state index in [4.69, 9.17) is 10.00 Å². The maximum absolute atomic E-state index is 8.88. The number of pyridine rings is 1. The number of aromatic nitrogens is 1. The third-order valence-electron chi connectivity index (χ3n) is 2.79. The number of hydrogen-bond donors (Lipinski definition) is 0. The second-order valence-corrected chi connectivity index (χ2v) is 4.07. The van der Waals surface area contributed by atoms with Crippen LogP contribution in [0.3, 0.4) is 0 Å². The van der Waals surface area contributed by atoms with Gasteiger partial charge >= 0.3 is 0 Å². The number of nitrogens with zero attached hydrogens (tertiary/aromatic N) is 2. The number of para-hydroxylation sites is 1. The molecule has 0 N–H and O–H groups in total. The second kappa shape index (κ2) is 4.79. The Bertz CT molecular complexity index is 770. The van der Waals surface area contributed by atoms with Crippen molar-refractivity contribution in [1.29, 1.82) is 5.26 Å². The van der Waals surface area contributed by atoms with E-state index in [1.54, 1.807) is 24.4 Å². The van der Waals surface area contributed by atoms with Gasteiger partial charge in [-0.15, -0.1) is 0 Å². The van der Waals surface area contributed by atoms with Crippen LogP contribution in [-0.2, 0) is 0 Å². The minimum atomic E-state index is 0.575. The van der Waals surface area contributed by atoms with Crippen molar-refractivity contribution in [2.24, 2.45) is 0 Å². The fourth-order valence-corrected chi connectivity index (χ4v) is 1.91. The summed E-state index contributed by atoms with van der Waals surface area (Å²) in [4.78, 5) is 4.33. The van der Waals surface area contributed by atoms with Gasteiger partial charge < -0.3 is 4.74 Å². The molecular formula is C16H10N2O. The van der Waals surface area contributed by atoms with Gasteiger partial charge in [0.05, 0.1) is 11.6 Å². The van der Waals surface area contributed by atoms with Crippen LogP contribution in [0.1, 0.15) is 5.56 Å². The van der Waals surface area contributed by atoms with Crippen LogP contribution in [0.5, 0.6) is 11.5 Å². The molecular weight excluding hydrogens is 236 g/mol. The predicted octanol–water partition coefficient (Wildman–Crippen LogP) is 3.90. The van der Waals surface area contributed by atoms with Gasteiger partial charge in [0.2, 0.25) is 0 Å². The van der Waals surface area contributed by atoms with Gasteiger partial charge in [-0.2, -0.15) is 5.26 Å². The minimum Gasteiger partial charge on any atom is -0.455 e. The van der Waals surface area contributed by atoms with Gasteiger partial charge in [0.15, 0.2) is 5.75 Å². The molecule has 0 aliphatic rings. The Hall–Kier alpha value is -2.86. The van der Waals surface area contributed by atoms with E-state index < -0.39 is 0 Å². The van der Waals surface area contributed by atoms with Crippen LogP contribution >= 0.6 is 0 Å². The maximum atomic E-state index is 8.88. The van der Waals surface area contributed by atoms with E-state index in [-0.39, 0.29) is 0 Å². The zero-order valence-corrected chi connectivity index (χ0v) is 10.1. The molecule has 0 aliphatic heterocycles. The van der Waals surface area contributed by atoms with E-state index in [9.17, 15) is 0 Å². The number of nitriles is 1. The molecule has 0 fully saturated rings. The van der Waals surface area contributed by atoms with Gasteiger partial charge in [-0.3, -0.25) is 4.98 Å². The van der Waals surface area contributed by atoms with Crippen molar-refractivity contribution in [2.75, 3.05) is 0 Å². The summed E-state index contributed by atoms with van der Waals surface area (Å²) in [6, 6.07) is 18.8. The Balaban J connectivity index is 2.04. The average Bonchev–Trinajstić information content (AvgIpc) is 2.48. The lowest BCUT2D eigenvalue weighted by molar-refractivity contribution is 0.487. The van der Waals surface area contributed by atoms with Gasteiger partial charge in [-0.25, -0.2) is 0 Å². The molecule has 3 heteroatoms. The SMILES string of the molecule is N#Cc1cccc(Oc2cccc3cccnc23)c1. The zero-order valence-electron chi connectivity index (χ0n) is 10.1. The number of ether oxygens (including phenoxy) is 1. The maximum Gasteiger partial charge on any atom is 0.153 e. The largest absolute Gasteiger partial charge is 0.455 e. The van der Waals surface area contributed by atoms with Crippen LogP contribution in [0.25, 0.3) is 10.9 Å². The lowest BCUT2D eigenvalue weighted by atomic mass is 10.2. The molecule has 0 radical (unpaired) electrons. The number of hydrogen-bond acceptors (Lipinski definition) is 3. The Morgan fingerprint density at radius 3 is 2.74 bits per heavy atom. The molecule has 1 aromatic heterocycles. The smallest absolute Gasteiger partial charge is 0.153 e. The van der Waals surface area contributed by atoms with Crippen LogP contribution in [-0.4, -0.2) is 4.98 Å². The highest BCUT2D eigenvalue weighted by Gasteiger charge is 2.04. The van der Waals surface area contributed by atoms with Crippen LogP contribution in [0.4, 0.5) is 0 Å². The number of benzene rings is 2. The van der Waals surface area contributed by atoms with Gasteiger partial charge in [0.1, 0.15) is 11.3 Å². The third kappa shape index (κ3) is 2.24. The third-order valence-corrected chi connectivity index (χ3v) is 2.79. The first-order chi connectivity index (χ1) is 9.36. The molecule has 19 heavy (non-hydrogen) atoms. The van der Waals surface area contributed by atoms with E-state index in [0.717, 1.165) is 10.9 Å². The van der Waals surface area contributed by atoms with E-state index in [1.165, 1.54) is 0 Å². The topological polar surface area (TPSA) is 45.9 Å². The van der Waals surface area contributed by atoms with E-state index >= 15 is 0 Å². The fraction of sp³-hybridized carbons (Fsp3) is 0. The van der Waals surface area contributed by atoms with Gasteiger partial charge in [-0.05, 0) is 30.3 Å². The van der Waals surface area contributed by atoms with Gasteiger partial charge in [0, 0.05) is 11.6 Å².